The van der Waals surface area contributed by atoms with E-state index in [2.05, 4.69) is 15.0 Å². The fourth-order valence-electron chi connectivity index (χ4n) is 2.28. The first-order chi connectivity index (χ1) is 12.7. The van der Waals surface area contributed by atoms with E-state index in [1.165, 1.54) is 13.0 Å². The van der Waals surface area contributed by atoms with Crippen LogP contribution in [-0.2, 0) is 4.79 Å². The zero-order chi connectivity index (χ0) is 20.0. The molecule has 1 amide bonds. The fraction of sp³-hybridized carbons (Fsp3) is 0.278. The van der Waals surface area contributed by atoms with Gasteiger partial charge in [-0.25, -0.2) is 4.98 Å². The molecule has 0 aliphatic rings. The highest BCUT2D eigenvalue weighted by Crippen LogP contribution is 2.23. The third-order valence-electron chi connectivity index (χ3n) is 3.72. The van der Waals surface area contributed by atoms with Crippen LogP contribution >= 0.6 is 0 Å². The molecule has 1 aromatic heterocycles. The number of alkyl halides is 3. The van der Waals surface area contributed by atoms with Gasteiger partial charge in [-0.3, -0.25) is 9.59 Å². The first-order valence-corrected chi connectivity index (χ1v) is 7.91. The van der Waals surface area contributed by atoms with Crippen LogP contribution in [0.1, 0.15) is 28.9 Å². The number of pyridine rings is 1. The molecule has 0 aliphatic heterocycles. The molecule has 0 fully saturated rings. The highest BCUT2D eigenvalue weighted by Gasteiger charge is 2.29. The van der Waals surface area contributed by atoms with E-state index in [9.17, 15) is 27.9 Å². The van der Waals surface area contributed by atoms with Crippen LogP contribution in [0.3, 0.4) is 0 Å². The molecule has 2 aromatic rings. The zero-order valence-electron chi connectivity index (χ0n) is 14.2. The number of ether oxygens (including phenoxy) is 1. The molecule has 2 unspecified atom stereocenters. The lowest BCUT2D eigenvalue weighted by Gasteiger charge is -2.23. The van der Waals surface area contributed by atoms with E-state index >= 15 is 0 Å². The predicted molar refractivity (Wildman–Crippen MR) is 89.2 cm³/mol. The van der Waals surface area contributed by atoms with E-state index in [4.69, 9.17) is 0 Å². The second kappa shape index (κ2) is 8.52. The quantitative estimate of drug-likeness (QED) is 0.768. The normalized spacial score (nSPS) is 13.5. The highest BCUT2D eigenvalue weighted by atomic mass is 19.4. The summed E-state index contributed by atoms with van der Waals surface area (Å²) in [6.45, 7) is -0.0235. The van der Waals surface area contributed by atoms with Crippen LogP contribution in [0.5, 0.6) is 5.88 Å². The van der Waals surface area contributed by atoms with Crippen LogP contribution < -0.4 is 10.1 Å². The summed E-state index contributed by atoms with van der Waals surface area (Å²) < 4.78 is 40.9. The summed E-state index contributed by atoms with van der Waals surface area (Å²) in [6, 6.07) is 10.2. The molecule has 0 radical (unpaired) electrons. The number of amides is 1. The summed E-state index contributed by atoms with van der Waals surface area (Å²) in [6.07, 6.45) is -3.43. The Kier molecular flexibility index (Phi) is 6.38. The van der Waals surface area contributed by atoms with Crippen LogP contribution in [0.4, 0.5) is 13.2 Å². The molecule has 9 heteroatoms. The Morgan fingerprint density at radius 2 is 1.85 bits per heavy atom. The topological polar surface area (TPSA) is 88.5 Å². The fourth-order valence-corrected chi connectivity index (χ4v) is 2.28. The maximum Gasteiger partial charge on any atom is 0.422 e. The van der Waals surface area contributed by atoms with Crippen molar-refractivity contribution in [3.05, 3.63) is 59.8 Å². The predicted octanol–water partition coefficient (Wildman–Crippen LogP) is 3.21. The molecule has 1 aromatic carbocycles. The molecule has 144 valence electrons. The first-order valence-electron chi connectivity index (χ1n) is 7.91. The van der Waals surface area contributed by atoms with E-state index in [1.807, 2.05) is 0 Å². The number of carboxylic acid groups (broad SMARTS) is 1. The number of carboxylic acids is 1. The van der Waals surface area contributed by atoms with Crippen molar-refractivity contribution in [2.45, 2.75) is 19.1 Å². The number of carbonyl (C=O) groups is 2. The van der Waals surface area contributed by atoms with Gasteiger partial charge in [-0.15, -0.1) is 0 Å². The molecule has 0 bridgehead atoms. The SMILES string of the molecule is CC(C(=O)O)C(NC(=O)c1ccc(OCC(F)(F)F)nc1)c1ccccc1. The smallest absolute Gasteiger partial charge is 0.422 e. The molecule has 2 atom stereocenters. The Hall–Kier alpha value is -3.10. The van der Waals surface area contributed by atoms with Crippen molar-refractivity contribution in [2.75, 3.05) is 6.61 Å². The third-order valence-corrected chi connectivity index (χ3v) is 3.72. The van der Waals surface area contributed by atoms with Crippen LogP contribution in [0.15, 0.2) is 48.7 Å². The molecule has 1 heterocycles. The van der Waals surface area contributed by atoms with Crippen molar-refractivity contribution in [2.24, 2.45) is 5.92 Å². The zero-order valence-corrected chi connectivity index (χ0v) is 14.2. The number of benzene rings is 1. The van der Waals surface area contributed by atoms with Gasteiger partial charge in [-0.2, -0.15) is 13.2 Å². The molecule has 0 spiro atoms. The third kappa shape index (κ3) is 5.98. The Morgan fingerprint density at radius 3 is 2.37 bits per heavy atom. The van der Waals surface area contributed by atoms with Crippen molar-refractivity contribution < 1.29 is 32.6 Å². The first kappa shape index (κ1) is 20.2. The number of halogens is 3. The van der Waals surface area contributed by atoms with Crippen molar-refractivity contribution in [1.82, 2.24) is 10.3 Å². The molecule has 0 saturated carbocycles. The Morgan fingerprint density at radius 1 is 1.19 bits per heavy atom. The van der Waals surface area contributed by atoms with Crippen LogP contribution in [0, 0.1) is 5.92 Å². The Balaban J connectivity index is 2.12. The molecule has 2 rings (SSSR count). The van der Waals surface area contributed by atoms with Crippen molar-refractivity contribution >= 4 is 11.9 Å². The monoisotopic (exact) mass is 382 g/mol. The minimum Gasteiger partial charge on any atom is -0.481 e. The van der Waals surface area contributed by atoms with E-state index in [0.29, 0.717) is 5.56 Å². The van der Waals surface area contributed by atoms with Gasteiger partial charge in [0.15, 0.2) is 6.61 Å². The van der Waals surface area contributed by atoms with Gasteiger partial charge < -0.3 is 15.2 Å². The van der Waals surface area contributed by atoms with Crippen molar-refractivity contribution in [3.63, 3.8) is 0 Å². The lowest BCUT2D eigenvalue weighted by molar-refractivity contribution is -0.154. The van der Waals surface area contributed by atoms with E-state index in [0.717, 1.165) is 12.3 Å². The van der Waals surface area contributed by atoms with Crippen LogP contribution in [-0.4, -0.2) is 34.8 Å². The Bertz CT molecular complexity index is 779. The van der Waals surface area contributed by atoms with E-state index in [1.54, 1.807) is 30.3 Å². The lowest BCUT2D eigenvalue weighted by atomic mass is 9.94. The molecular weight excluding hydrogens is 365 g/mol. The number of hydrogen-bond acceptors (Lipinski definition) is 4. The summed E-state index contributed by atoms with van der Waals surface area (Å²) >= 11 is 0. The van der Waals surface area contributed by atoms with Gasteiger partial charge in [-0.1, -0.05) is 30.3 Å². The number of rotatable bonds is 7. The van der Waals surface area contributed by atoms with Gasteiger partial charge in [-0.05, 0) is 18.6 Å². The second-order valence-electron chi connectivity index (χ2n) is 5.78. The molecule has 0 aliphatic carbocycles. The molecule has 2 N–H and O–H groups in total. The molecule has 6 nitrogen and oxygen atoms in total. The minimum absolute atomic E-state index is 0.0629. The second-order valence-corrected chi connectivity index (χ2v) is 5.78. The minimum atomic E-state index is -4.49. The average molecular weight is 382 g/mol. The summed E-state index contributed by atoms with van der Waals surface area (Å²) in [5.41, 5.74) is 0.673. The number of carbonyl (C=O) groups excluding carboxylic acids is 1. The molecule has 27 heavy (non-hydrogen) atoms. The van der Waals surface area contributed by atoms with Gasteiger partial charge in [0.1, 0.15) is 0 Å². The maximum absolute atomic E-state index is 12.4. The van der Waals surface area contributed by atoms with Gasteiger partial charge in [0.2, 0.25) is 5.88 Å². The summed E-state index contributed by atoms with van der Waals surface area (Å²) in [5, 5.41) is 11.9. The summed E-state index contributed by atoms with van der Waals surface area (Å²) in [7, 11) is 0. The number of hydrogen-bond donors (Lipinski definition) is 2. The number of nitrogens with zero attached hydrogens (tertiary/aromatic N) is 1. The van der Waals surface area contributed by atoms with Gasteiger partial charge >= 0.3 is 12.1 Å². The highest BCUT2D eigenvalue weighted by molar-refractivity contribution is 5.94. The van der Waals surface area contributed by atoms with Gasteiger partial charge in [0, 0.05) is 12.3 Å². The molecule has 0 saturated heterocycles. The van der Waals surface area contributed by atoms with E-state index < -0.39 is 36.6 Å². The standard InChI is InChI=1S/C18H17F3N2O4/c1-11(17(25)26)15(12-5-3-2-4-6-12)23-16(24)13-7-8-14(22-9-13)27-10-18(19,20)21/h2-9,11,15H,10H2,1H3,(H,23,24)(H,25,26). The van der Waals surface area contributed by atoms with Crippen LogP contribution in [0.2, 0.25) is 0 Å². The summed E-state index contributed by atoms with van der Waals surface area (Å²) in [5.74, 6) is -2.87. The van der Waals surface area contributed by atoms with Gasteiger partial charge in [0.25, 0.3) is 5.91 Å². The lowest BCUT2D eigenvalue weighted by Crippen LogP contribution is -2.35. The number of aliphatic carboxylic acids is 1. The van der Waals surface area contributed by atoms with Crippen molar-refractivity contribution in [1.29, 1.82) is 0 Å². The molecular formula is C18H17F3N2O4. The maximum atomic E-state index is 12.4. The van der Waals surface area contributed by atoms with Crippen LogP contribution in [0.25, 0.3) is 0 Å². The van der Waals surface area contributed by atoms with Gasteiger partial charge in [0.05, 0.1) is 17.5 Å². The van der Waals surface area contributed by atoms with Crippen molar-refractivity contribution in [3.8, 4) is 5.88 Å². The van der Waals surface area contributed by atoms with E-state index in [-0.39, 0.29) is 11.4 Å². The summed E-state index contributed by atoms with van der Waals surface area (Å²) in [4.78, 5) is 27.4. The average Bonchev–Trinajstić information content (AvgIpc) is 2.64. The number of nitrogens with one attached hydrogen (secondary N) is 1. The number of aromatic nitrogens is 1. The Labute approximate surface area is 153 Å². The largest absolute Gasteiger partial charge is 0.481 e.